The maximum Gasteiger partial charge on any atom is 0.126 e. The Hall–Kier alpha value is -0.860. The molecule has 10 heavy (non-hydrogen) atoms. The lowest BCUT2D eigenvalue weighted by molar-refractivity contribution is 0.372. The Bertz CT molecular complexity index is 141. The summed E-state index contributed by atoms with van der Waals surface area (Å²) in [5.41, 5.74) is 4.88. The quantitative estimate of drug-likeness (QED) is 0.649. The van der Waals surface area contributed by atoms with Gasteiger partial charge in [-0.25, -0.2) is 8.78 Å². The minimum atomic E-state index is -1.30. The summed E-state index contributed by atoms with van der Waals surface area (Å²) in [4.78, 5) is 0. The van der Waals surface area contributed by atoms with Gasteiger partial charge in [-0.2, -0.15) is 0 Å². The van der Waals surface area contributed by atoms with Gasteiger partial charge in [-0.1, -0.05) is 6.08 Å². The lowest BCUT2D eigenvalue weighted by atomic mass is 10.2. The summed E-state index contributed by atoms with van der Waals surface area (Å²) < 4.78 is 24.6. The summed E-state index contributed by atoms with van der Waals surface area (Å²) in [7, 11) is 0. The monoisotopic (exact) mass is 147 g/mol. The van der Waals surface area contributed by atoms with Crippen molar-refractivity contribution >= 4 is 0 Å². The van der Waals surface area contributed by atoms with Crippen molar-refractivity contribution in [2.75, 3.05) is 0 Å². The van der Waals surface area contributed by atoms with Gasteiger partial charge in [0.2, 0.25) is 0 Å². The molecule has 2 N–H and O–H groups in total. The van der Waals surface area contributed by atoms with Crippen molar-refractivity contribution in [3.8, 4) is 0 Å². The Morgan fingerprint density at radius 2 is 2.30 bits per heavy atom. The summed E-state index contributed by atoms with van der Waals surface area (Å²) in [6.45, 7) is 1.52. The van der Waals surface area contributed by atoms with Gasteiger partial charge in [-0.15, -0.1) is 0 Å². The van der Waals surface area contributed by atoms with E-state index < -0.39 is 12.0 Å². The molecule has 0 aliphatic rings. The second-order valence-corrected chi connectivity index (χ2v) is 1.84. The molecule has 1 nitrogen and oxygen atoms in total. The van der Waals surface area contributed by atoms with Gasteiger partial charge in [0.05, 0.1) is 5.83 Å². The van der Waals surface area contributed by atoms with Crippen molar-refractivity contribution in [1.29, 1.82) is 0 Å². The molecule has 0 bridgehead atoms. The van der Waals surface area contributed by atoms with Gasteiger partial charge in [0, 0.05) is 6.42 Å². The van der Waals surface area contributed by atoms with Gasteiger partial charge in [-0.3, -0.25) is 0 Å². The highest BCUT2D eigenvalue weighted by atomic mass is 19.1. The fourth-order valence-electron chi connectivity index (χ4n) is 0.493. The number of rotatable bonds is 3. The highest BCUT2D eigenvalue weighted by Gasteiger charge is 2.03. The lowest BCUT2D eigenvalue weighted by Crippen LogP contribution is -1.96. The van der Waals surface area contributed by atoms with Gasteiger partial charge in [0.15, 0.2) is 0 Å². The Balaban J connectivity index is 3.68. The molecule has 0 aromatic heterocycles. The molecule has 0 fully saturated rings. The first-order valence-electron chi connectivity index (χ1n) is 3.04. The maximum absolute atomic E-state index is 12.4. The number of alkyl halides is 1. The Morgan fingerprint density at radius 3 is 2.70 bits per heavy atom. The van der Waals surface area contributed by atoms with Crippen LogP contribution in [0, 0.1) is 0 Å². The van der Waals surface area contributed by atoms with Crippen LogP contribution in [0.5, 0.6) is 0 Å². The predicted octanol–water partition coefficient (Wildman–Crippen LogP) is 2.06. The van der Waals surface area contributed by atoms with Crippen molar-refractivity contribution in [3.05, 3.63) is 24.2 Å². The summed E-state index contributed by atoms with van der Waals surface area (Å²) in [6.07, 6.45) is 1.90. The molecule has 0 radical (unpaired) electrons. The molecule has 0 aliphatic heterocycles. The van der Waals surface area contributed by atoms with Crippen LogP contribution in [0.2, 0.25) is 0 Å². The van der Waals surface area contributed by atoms with Crippen molar-refractivity contribution in [3.63, 3.8) is 0 Å². The topological polar surface area (TPSA) is 26.0 Å². The number of nitrogens with two attached hydrogens (primary N) is 1. The van der Waals surface area contributed by atoms with Crippen LogP contribution in [0.4, 0.5) is 8.78 Å². The van der Waals surface area contributed by atoms with Crippen LogP contribution in [-0.2, 0) is 0 Å². The van der Waals surface area contributed by atoms with Crippen molar-refractivity contribution in [2.24, 2.45) is 5.73 Å². The van der Waals surface area contributed by atoms with E-state index in [9.17, 15) is 8.78 Å². The minimum absolute atomic E-state index is 0.218. The summed E-state index contributed by atoms with van der Waals surface area (Å²) in [5.74, 6) is -0.453. The molecule has 0 aliphatic carbocycles. The maximum atomic E-state index is 12.4. The Morgan fingerprint density at radius 1 is 1.70 bits per heavy atom. The van der Waals surface area contributed by atoms with Crippen LogP contribution >= 0.6 is 0 Å². The van der Waals surface area contributed by atoms with Crippen LogP contribution in [0.25, 0.3) is 0 Å². The highest BCUT2D eigenvalue weighted by Crippen LogP contribution is 2.09. The van der Waals surface area contributed by atoms with Crippen molar-refractivity contribution in [2.45, 2.75) is 19.5 Å². The molecule has 58 valence electrons. The van der Waals surface area contributed by atoms with Crippen LogP contribution in [0.15, 0.2) is 24.2 Å². The minimum Gasteiger partial charge on any atom is -0.405 e. The van der Waals surface area contributed by atoms with Crippen LogP contribution in [-0.4, -0.2) is 6.17 Å². The van der Waals surface area contributed by atoms with E-state index in [0.717, 1.165) is 12.3 Å². The number of halogens is 2. The van der Waals surface area contributed by atoms with Gasteiger partial charge in [-0.05, 0) is 19.2 Å². The van der Waals surface area contributed by atoms with Crippen LogP contribution in [0.3, 0.4) is 0 Å². The molecule has 0 aromatic carbocycles. The molecular weight excluding hydrogens is 136 g/mol. The fraction of sp³-hybridized carbons (Fsp3) is 0.429. The first kappa shape index (κ1) is 9.14. The molecule has 0 saturated carbocycles. The van der Waals surface area contributed by atoms with E-state index in [0.29, 0.717) is 0 Å². The second kappa shape index (κ2) is 4.97. The number of hydrogen-bond acceptors (Lipinski definition) is 1. The molecule has 0 rings (SSSR count). The van der Waals surface area contributed by atoms with Gasteiger partial charge in [0.25, 0.3) is 0 Å². The summed E-state index contributed by atoms with van der Waals surface area (Å²) in [6, 6.07) is 0. The van der Waals surface area contributed by atoms with Gasteiger partial charge in [0.1, 0.15) is 6.17 Å². The zero-order valence-electron chi connectivity index (χ0n) is 5.85. The zero-order valence-corrected chi connectivity index (χ0v) is 5.85. The number of hydrogen-bond donors (Lipinski definition) is 1. The normalized spacial score (nSPS) is 16.1. The van der Waals surface area contributed by atoms with Crippen LogP contribution in [0.1, 0.15) is 13.3 Å². The van der Waals surface area contributed by atoms with Crippen molar-refractivity contribution in [1.82, 2.24) is 0 Å². The lowest BCUT2D eigenvalue weighted by Gasteiger charge is -1.97. The van der Waals surface area contributed by atoms with E-state index in [4.69, 9.17) is 5.73 Å². The SMILES string of the molecule is C/C=C(/F)CC(F)/C=C/N. The average Bonchev–Trinajstić information content (AvgIpc) is 1.88. The van der Waals surface area contributed by atoms with E-state index in [1.165, 1.54) is 13.0 Å². The van der Waals surface area contributed by atoms with Gasteiger partial charge < -0.3 is 5.73 Å². The highest BCUT2D eigenvalue weighted by molar-refractivity contribution is 4.97. The molecule has 0 amide bonds. The number of allylic oxidation sites excluding steroid dienone is 3. The van der Waals surface area contributed by atoms with E-state index in [2.05, 4.69) is 0 Å². The molecule has 0 saturated heterocycles. The molecular formula is C7H11F2N. The molecule has 3 heteroatoms. The Kier molecular flexibility index (Phi) is 4.54. The second-order valence-electron chi connectivity index (χ2n) is 1.84. The molecule has 1 unspecified atom stereocenters. The van der Waals surface area contributed by atoms with E-state index in [1.54, 1.807) is 0 Å². The smallest absolute Gasteiger partial charge is 0.126 e. The van der Waals surface area contributed by atoms with Gasteiger partial charge >= 0.3 is 0 Å². The standard InChI is InChI=1S/C7H11F2N/c1-2-6(8)5-7(9)3-4-10/h2-4,7H,5,10H2,1H3/b4-3+,6-2+. The molecule has 0 aromatic rings. The third kappa shape index (κ3) is 4.06. The first-order chi connectivity index (χ1) is 4.70. The molecule has 0 spiro atoms. The van der Waals surface area contributed by atoms with Crippen molar-refractivity contribution < 1.29 is 8.78 Å². The molecule has 0 heterocycles. The van der Waals surface area contributed by atoms with E-state index in [1.807, 2.05) is 0 Å². The molecule has 1 atom stereocenters. The van der Waals surface area contributed by atoms with E-state index >= 15 is 0 Å². The summed E-state index contributed by atoms with van der Waals surface area (Å²) in [5, 5.41) is 0. The third-order valence-electron chi connectivity index (χ3n) is 1.02. The Labute approximate surface area is 59.2 Å². The third-order valence-corrected chi connectivity index (χ3v) is 1.02. The van der Waals surface area contributed by atoms with E-state index in [-0.39, 0.29) is 6.42 Å². The average molecular weight is 147 g/mol. The summed E-state index contributed by atoms with van der Waals surface area (Å²) >= 11 is 0. The zero-order chi connectivity index (χ0) is 7.98. The fourth-order valence-corrected chi connectivity index (χ4v) is 0.493. The van der Waals surface area contributed by atoms with Crippen LogP contribution < -0.4 is 5.73 Å². The first-order valence-corrected chi connectivity index (χ1v) is 3.04. The largest absolute Gasteiger partial charge is 0.405 e. The predicted molar refractivity (Wildman–Crippen MR) is 37.7 cm³/mol.